The zero-order valence-corrected chi connectivity index (χ0v) is 14.7. The van der Waals surface area contributed by atoms with Crippen molar-refractivity contribution in [3.8, 4) is 0 Å². The van der Waals surface area contributed by atoms with Gasteiger partial charge in [0.05, 0.1) is 13.2 Å². The Hall–Kier alpha value is -0.630. The van der Waals surface area contributed by atoms with Crippen LogP contribution in [-0.4, -0.2) is 43.3 Å². The summed E-state index contributed by atoms with van der Waals surface area (Å²) in [6, 6.07) is 2.57. The van der Waals surface area contributed by atoms with E-state index in [4.69, 9.17) is 5.73 Å². The minimum Gasteiger partial charge on any atom is -0.453 e. The van der Waals surface area contributed by atoms with Crippen LogP contribution in [0.5, 0.6) is 0 Å². The van der Waals surface area contributed by atoms with E-state index < -0.39 is 0 Å². The summed E-state index contributed by atoms with van der Waals surface area (Å²) >= 11 is 5.24. The number of hydrogen-bond acceptors (Lipinski definition) is 5. The molecule has 2 heterocycles. The normalized spacial score (nSPS) is 22.0. The number of hydrogen-bond donors (Lipinski definition) is 2. The summed E-state index contributed by atoms with van der Waals surface area (Å²) in [5.74, 6) is 0. The number of nitrogens with zero attached hydrogens (tertiary/aromatic N) is 1. The van der Waals surface area contributed by atoms with Gasteiger partial charge in [0.2, 0.25) is 0 Å². The molecular weight excluding hydrogens is 354 g/mol. The van der Waals surface area contributed by atoms with Crippen molar-refractivity contribution in [2.24, 2.45) is 5.73 Å². The number of thiophene rings is 1. The highest BCUT2D eigenvalue weighted by molar-refractivity contribution is 9.10. The van der Waals surface area contributed by atoms with Gasteiger partial charge in [-0.1, -0.05) is 6.92 Å². The largest absolute Gasteiger partial charge is 0.453 e. The van der Waals surface area contributed by atoms with Crippen LogP contribution in [0.15, 0.2) is 15.9 Å². The van der Waals surface area contributed by atoms with Gasteiger partial charge in [0.1, 0.15) is 0 Å². The molecule has 1 aromatic heterocycles. The van der Waals surface area contributed by atoms with Crippen LogP contribution in [-0.2, 0) is 4.74 Å². The number of carbonyl (C=O) groups is 1. The van der Waals surface area contributed by atoms with Crippen molar-refractivity contribution in [2.45, 2.75) is 37.9 Å². The molecule has 7 heteroatoms. The van der Waals surface area contributed by atoms with Crippen LogP contribution in [0.2, 0.25) is 0 Å². The van der Waals surface area contributed by atoms with E-state index in [1.807, 2.05) is 0 Å². The predicted octanol–water partition coefficient (Wildman–Crippen LogP) is 2.72. The number of halogens is 1. The minimum atomic E-state index is -0.364. The molecule has 1 aliphatic rings. The molecule has 2 rings (SSSR count). The molecule has 3 atom stereocenters. The first-order chi connectivity index (χ1) is 10.0. The third-order valence-electron chi connectivity index (χ3n) is 3.88. The smallest absolute Gasteiger partial charge is 0.407 e. The van der Waals surface area contributed by atoms with E-state index in [9.17, 15) is 4.79 Å². The molecule has 0 aliphatic carbocycles. The zero-order valence-electron chi connectivity index (χ0n) is 12.3. The van der Waals surface area contributed by atoms with E-state index in [2.05, 4.69) is 49.3 Å². The van der Waals surface area contributed by atoms with Gasteiger partial charge in [-0.3, -0.25) is 4.90 Å². The Morgan fingerprint density at radius 1 is 1.71 bits per heavy atom. The second-order valence-corrected chi connectivity index (χ2v) is 7.16. The number of nitrogens with one attached hydrogen (secondary N) is 1. The first kappa shape index (κ1) is 16.7. The molecule has 3 unspecified atom stereocenters. The van der Waals surface area contributed by atoms with Crippen LogP contribution < -0.4 is 11.1 Å². The second-order valence-electron chi connectivity index (χ2n) is 5.30. The lowest BCUT2D eigenvalue weighted by atomic mass is 10.0. The fourth-order valence-corrected chi connectivity index (χ4v) is 4.41. The van der Waals surface area contributed by atoms with Gasteiger partial charge in [-0.25, -0.2) is 4.79 Å². The maximum Gasteiger partial charge on any atom is 0.407 e. The van der Waals surface area contributed by atoms with Crippen molar-refractivity contribution < 1.29 is 9.53 Å². The molecule has 1 aromatic rings. The molecule has 0 saturated carbocycles. The van der Waals surface area contributed by atoms with Crippen LogP contribution in [0.25, 0.3) is 0 Å². The Morgan fingerprint density at radius 3 is 3.05 bits per heavy atom. The molecule has 0 bridgehead atoms. The van der Waals surface area contributed by atoms with Gasteiger partial charge in [0, 0.05) is 39.9 Å². The average molecular weight is 376 g/mol. The number of ether oxygens (including phenoxy) is 1. The Morgan fingerprint density at radius 2 is 2.48 bits per heavy atom. The van der Waals surface area contributed by atoms with Gasteiger partial charge in [-0.15, -0.1) is 11.3 Å². The van der Waals surface area contributed by atoms with Crippen molar-refractivity contribution in [3.05, 3.63) is 20.8 Å². The molecule has 1 fully saturated rings. The number of carbonyl (C=O) groups excluding carboxylic acids is 1. The summed E-state index contributed by atoms with van der Waals surface area (Å²) in [6.45, 7) is 3.85. The molecule has 118 valence electrons. The fourth-order valence-electron chi connectivity index (χ4n) is 2.75. The third-order valence-corrected chi connectivity index (χ3v) is 5.64. The monoisotopic (exact) mass is 375 g/mol. The molecule has 1 amide bonds. The Labute approximate surface area is 138 Å². The van der Waals surface area contributed by atoms with Crippen molar-refractivity contribution in [2.75, 3.05) is 20.2 Å². The molecule has 0 radical (unpaired) electrons. The maximum atomic E-state index is 11.3. The lowest BCUT2D eigenvalue weighted by Gasteiger charge is -2.31. The van der Waals surface area contributed by atoms with Crippen molar-refractivity contribution in [1.29, 1.82) is 0 Å². The average Bonchev–Trinajstić information content (AvgIpc) is 3.09. The van der Waals surface area contributed by atoms with Crippen LogP contribution in [0.4, 0.5) is 4.79 Å². The third kappa shape index (κ3) is 4.18. The van der Waals surface area contributed by atoms with Gasteiger partial charge in [-0.05, 0) is 34.8 Å². The number of amides is 1. The van der Waals surface area contributed by atoms with Crippen LogP contribution in [0, 0.1) is 0 Å². The van der Waals surface area contributed by atoms with Crippen molar-refractivity contribution in [1.82, 2.24) is 10.2 Å². The highest BCUT2D eigenvalue weighted by atomic mass is 79.9. The van der Waals surface area contributed by atoms with E-state index >= 15 is 0 Å². The van der Waals surface area contributed by atoms with Gasteiger partial charge in [0.25, 0.3) is 0 Å². The van der Waals surface area contributed by atoms with E-state index in [1.165, 1.54) is 12.0 Å². The number of alkyl carbamates (subject to hydrolysis) is 1. The van der Waals surface area contributed by atoms with E-state index in [1.54, 1.807) is 11.3 Å². The lowest BCUT2D eigenvalue weighted by Crippen LogP contribution is -2.42. The Bertz CT molecular complexity index is 483. The molecule has 1 saturated heterocycles. The van der Waals surface area contributed by atoms with Gasteiger partial charge in [0.15, 0.2) is 0 Å². The van der Waals surface area contributed by atoms with E-state index in [0.717, 1.165) is 30.4 Å². The topological polar surface area (TPSA) is 67.6 Å². The standard InChI is InChI=1S/C14H22BrN3O2S/c1-3-11(16)13(12-6-9(15)8-21-12)18-5-4-10(7-18)17-14(19)20-2/h6,8,10-11,13H,3-5,7,16H2,1-2H3,(H,17,19). The van der Waals surface area contributed by atoms with E-state index in [0.29, 0.717) is 0 Å². The SMILES string of the molecule is CCC(N)C(c1cc(Br)cs1)N1CCC(NC(=O)OC)C1. The number of rotatable bonds is 5. The minimum absolute atomic E-state index is 0.0902. The molecule has 5 nitrogen and oxygen atoms in total. The summed E-state index contributed by atoms with van der Waals surface area (Å²) in [6.07, 6.45) is 1.48. The van der Waals surface area contributed by atoms with Crippen molar-refractivity contribution in [3.63, 3.8) is 0 Å². The van der Waals surface area contributed by atoms with E-state index in [-0.39, 0.29) is 24.2 Å². The van der Waals surface area contributed by atoms with Gasteiger partial charge in [-0.2, -0.15) is 0 Å². The first-order valence-electron chi connectivity index (χ1n) is 7.13. The van der Waals surface area contributed by atoms with Gasteiger partial charge < -0.3 is 15.8 Å². The lowest BCUT2D eigenvalue weighted by molar-refractivity contribution is 0.164. The summed E-state index contributed by atoms with van der Waals surface area (Å²) in [7, 11) is 1.39. The first-order valence-corrected chi connectivity index (χ1v) is 8.80. The molecule has 0 spiro atoms. The van der Waals surface area contributed by atoms with Gasteiger partial charge >= 0.3 is 6.09 Å². The van der Waals surface area contributed by atoms with Crippen LogP contribution in [0.1, 0.15) is 30.7 Å². The molecule has 21 heavy (non-hydrogen) atoms. The number of methoxy groups -OCH3 is 1. The molecule has 0 aromatic carbocycles. The predicted molar refractivity (Wildman–Crippen MR) is 88.5 cm³/mol. The Balaban J connectivity index is 2.07. The molecule has 3 N–H and O–H groups in total. The van der Waals surface area contributed by atoms with Crippen molar-refractivity contribution >= 4 is 33.4 Å². The highest BCUT2D eigenvalue weighted by Crippen LogP contribution is 2.34. The Kier molecular flexibility index (Phi) is 6.04. The maximum absolute atomic E-state index is 11.3. The number of nitrogens with two attached hydrogens (primary N) is 1. The van der Waals surface area contributed by atoms with Crippen LogP contribution in [0.3, 0.4) is 0 Å². The summed E-state index contributed by atoms with van der Waals surface area (Å²) < 4.78 is 5.76. The second kappa shape index (κ2) is 7.58. The highest BCUT2D eigenvalue weighted by Gasteiger charge is 2.33. The number of likely N-dealkylation sites (tertiary alicyclic amines) is 1. The quantitative estimate of drug-likeness (QED) is 0.829. The summed E-state index contributed by atoms with van der Waals surface area (Å²) in [4.78, 5) is 15.0. The zero-order chi connectivity index (χ0) is 15.4. The fraction of sp³-hybridized carbons (Fsp3) is 0.643. The summed E-state index contributed by atoms with van der Waals surface area (Å²) in [5, 5.41) is 4.97. The summed E-state index contributed by atoms with van der Waals surface area (Å²) in [5.41, 5.74) is 6.35. The van der Waals surface area contributed by atoms with Crippen LogP contribution >= 0.6 is 27.3 Å². The molecular formula is C14H22BrN3O2S. The molecule has 1 aliphatic heterocycles.